The molecule has 0 radical (unpaired) electrons. The highest BCUT2D eigenvalue weighted by Crippen LogP contribution is 2.45. The highest BCUT2D eigenvalue weighted by atomic mass is 16.2. The van der Waals surface area contributed by atoms with E-state index in [1.54, 1.807) is 4.90 Å². The van der Waals surface area contributed by atoms with Crippen molar-refractivity contribution in [2.75, 3.05) is 13.6 Å². The number of benzene rings is 1. The van der Waals surface area contributed by atoms with E-state index in [1.165, 1.54) is 5.56 Å². The molecular formula is C15H22N2O. The molecule has 1 aromatic carbocycles. The SMILES string of the molecule is CCCCN(C)C(=O)NC1(c2ccccc2)CC1. The van der Waals surface area contributed by atoms with Gasteiger partial charge < -0.3 is 10.2 Å². The van der Waals surface area contributed by atoms with E-state index in [2.05, 4.69) is 24.4 Å². The standard InChI is InChI=1S/C15H22N2O/c1-3-4-12-17(2)14(18)16-15(10-11-15)13-8-6-5-7-9-13/h5-9H,3-4,10-12H2,1-2H3,(H,16,18). The van der Waals surface area contributed by atoms with Crippen molar-refractivity contribution in [1.82, 2.24) is 10.2 Å². The number of hydrogen-bond donors (Lipinski definition) is 1. The maximum atomic E-state index is 12.1. The van der Waals surface area contributed by atoms with Crippen LogP contribution in [0.3, 0.4) is 0 Å². The van der Waals surface area contributed by atoms with E-state index >= 15 is 0 Å². The first kappa shape index (κ1) is 12.9. The van der Waals surface area contributed by atoms with Gasteiger partial charge >= 0.3 is 6.03 Å². The third kappa shape index (κ3) is 2.84. The molecule has 3 nitrogen and oxygen atoms in total. The Hall–Kier alpha value is -1.51. The van der Waals surface area contributed by atoms with Crippen LogP contribution in [-0.4, -0.2) is 24.5 Å². The number of hydrogen-bond acceptors (Lipinski definition) is 1. The third-order valence-corrected chi connectivity index (χ3v) is 3.62. The minimum absolute atomic E-state index is 0.0461. The molecule has 2 amide bonds. The molecule has 0 saturated heterocycles. The van der Waals surface area contributed by atoms with Gasteiger partial charge in [0.25, 0.3) is 0 Å². The van der Waals surface area contributed by atoms with E-state index < -0.39 is 0 Å². The Morgan fingerprint density at radius 2 is 2.00 bits per heavy atom. The maximum absolute atomic E-state index is 12.1. The summed E-state index contributed by atoms with van der Waals surface area (Å²) < 4.78 is 0. The molecule has 0 unspecified atom stereocenters. The Bertz CT molecular complexity index is 398. The molecule has 18 heavy (non-hydrogen) atoms. The normalized spacial score (nSPS) is 16.1. The van der Waals surface area contributed by atoms with Crippen LogP contribution in [0.5, 0.6) is 0 Å². The fraction of sp³-hybridized carbons (Fsp3) is 0.533. The summed E-state index contributed by atoms with van der Waals surface area (Å²) in [5, 5.41) is 3.18. The summed E-state index contributed by atoms with van der Waals surface area (Å²) >= 11 is 0. The van der Waals surface area contributed by atoms with Crippen LogP contribution >= 0.6 is 0 Å². The molecule has 3 heteroatoms. The summed E-state index contributed by atoms with van der Waals surface area (Å²) in [5.74, 6) is 0. The predicted octanol–water partition coefficient (Wildman–Crippen LogP) is 3.12. The lowest BCUT2D eigenvalue weighted by molar-refractivity contribution is 0.202. The molecule has 2 rings (SSSR count). The molecule has 1 saturated carbocycles. The number of amides is 2. The van der Waals surface area contributed by atoms with Crippen molar-refractivity contribution in [2.45, 2.75) is 38.1 Å². The monoisotopic (exact) mass is 246 g/mol. The van der Waals surface area contributed by atoms with Gasteiger partial charge in [0, 0.05) is 13.6 Å². The zero-order valence-corrected chi connectivity index (χ0v) is 11.3. The van der Waals surface area contributed by atoms with Crippen LogP contribution in [0.25, 0.3) is 0 Å². The lowest BCUT2D eigenvalue weighted by Gasteiger charge is -2.23. The Morgan fingerprint density at radius 1 is 1.33 bits per heavy atom. The van der Waals surface area contributed by atoms with Crippen molar-refractivity contribution in [3.05, 3.63) is 35.9 Å². The van der Waals surface area contributed by atoms with Crippen LogP contribution in [0, 0.1) is 0 Å². The number of urea groups is 1. The van der Waals surface area contributed by atoms with E-state index in [1.807, 2.05) is 25.2 Å². The first-order chi connectivity index (χ1) is 8.68. The Morgan fingerprint density at radius 3 is 2.56 bits per heavy atom. The lowest BCUT2D eigenvalue weighted by Crippen LogP contribution is -2.43. The molecule has 1 N–H and O–H groups in total. The van der Waals surface area contributed by atoms with Gasteiger partial charge in [-0.15, -0.1) is 0 Å². The molecule has 0 aromatic heterocycles. The zero-order valence-electron chi connectivity index (χ0n) is 11.3. The average Bonchev–Trinajstić information content (AvgIpc) is 3.18. The number of nitrogens with one attached hydrogen (secondary N) is 1. The van der Waals surface area contributed by atoms with Gasteiger partial charge in [0.1, 0.15) is 0 Å². The van der Waals surface area contributed by atoms with Gasteiger partial charge in [-0.1, -0.05) is 43.7 Å². The van der Waals surface area contributed by atoms with Crippen LogP contribution in [0.4, 0.5) is 4.79 Å². The van der Waals surface area contributed by atoms with E-state index in [9.17, 15) is 4.79 Å². The third-order valence-electron chi connectivity index (χ3n) is 3.62. The second-order valence-electron chi connectivity index (χ2n) is 5.15. The molecule has 1 aliphatic rings. The molecule has 1 aromatic rings. The Kier molecular flexibility index (Phi) is 3.90. The van der Waals surface area contributed by atoms with Gasteiger partial charge in [-0.3, -0.25) is 0 Å². The molecule has 1 aliphatic carbocycles. The first-order valence-electron chi connectivity index (χ1n) is 6.77. The van der Waals surface area contributed by atoms with Crippen molar-refractivity contribution in [1.29, 1.82) is 0 Å². The molecule has 1 fully saturated rings. The minimum Gasteiger partial charge on any atom is -0.328 e. The van der Waals surface area contributed by atoms with Crippen LogP contribution < -0.4 is 5.32 Å². The van der Waals surface area contributed by atoms with Gasteiger partial charge in [0.15, 0.2) is 0 Å². The van der Waals surface area contributed by atoms with Gasteiger partial charge in [0.05, 0.1) is 5.54 Å². The fourth-order valence-corrected chi connectivity index (χ4v) is 2.16. The number of carbonyl (C=O) groups is 1. The maximum Gasteiger partial charge on any atom is 0.317 e. The van der Waals surface area contributed by atoms with Crippen LogP contribution in [0.2, 0.25) is 0 Å². The summed E-state index contributed by atoms with van der Waals surface area (Å²) in [6, 6.07) is 10.3. The number of nitrogens with zero attached hydrogens (tertiary/aromatic N) is 1. The number of unbranched alkanes of at least 4 members (excludes halogenated alkanes) is 1. The minimum atomic E-state index is -0.0984. The first-order valence-corrected chi connectivity index (χ1v) is 6.77. The van der Waals surface area contributed by atoms with Crippen LogP contribution in [-0.2, 0) is 5.54 Å². The van der Waals surface area contributed by atoms with E-state index in [0.717, 1.165) is 32.2 Å². The summed E-state index contributed by atoms with van der Waals surface area (Å²) in [4.78, 5) is 13.9. The second-order valence-corrected chi connectivity index (χ2v) is 5.15. The van der Waals surface area contributed by atoms with E-state index in [-0.39, 0.29) is 11.6 Å². The highest BCUT2D eigenvalue weighted by molar-refractivity contribution is 5.75. The molecule has 0 atom stereocenters. The Labute approximate surface area is 109 Å². The quantitative estimate of drug-likeness (QED) is 0.850. The summed E-state index contributed by atoms with van der Waals surface area (Å²) in [6.07, 6.45) is 4.26. The fourth-order valence-electron chi connectivity index (χ4n) is 2.16. The number of carbonyl (C=O) groups excluding carboxylic acids is 1. The summed E-state index contributed by atoms with van der Waals surface area (Å²) in [6.45, 7) is 2.96. The van der Waals surface area contributed by atoms with Crippen LogP contribution in [0.1, 0.15) is 38.2 Å². The van der Waals surface area contributed by atoms with Crippen molar-refractivity contribution in [3.63, 3.8) is 0 Å². The number of rotatable bonds is 5. The van der Waals surface area contributed by atoms with Gasteiger partial charge in [-0.2, -0.15) is 0 Å². The molecule has 98 valence electrons. The smallest absolute Gasteiger partial charge is 0.317 e. The second kappa shape index (κ2) is 5.42. The molecule has 0 spiro atoms. The van der Waals surface area contributed by atoms with Crippen LogP contribution in [0.15, 0.2) is 30.3 Å². The molecule has 0 bridgehead atoms. The van der Waals surface area contributed by atoms with Crippen molar-refractivity contribution in [3.8, 4) is 0 Å². The lowest BCUT2D eigenvalue weighted by atomic mass is 10.1. The van der Waals surface area contributed by atoms with Gasteiger partial charge in [-0.25, -0.2) is 4.79 Å². The average molecular weight is 246 g/mol. The van der Waals surface area contributed by atoms with Crippen molar-refractivity contribution < 1.29 is 4.79 Å². The summed E-state index contributed by atoms with van der Waals surface area (Å²) in [5.41, 5.74) is 1.13. The highest BCUT2D eigenvalue weighted by Gasteiger charge is 2.45. The summed E-state index contributed by atoms with van der Waals surface area (Å²) in [7, 11) is 1.87. The largest absolute Gasteiger partial charge is 0.328 e. The predicted molar refractivity (Wildman–Crippen MR) is 73.4 cm³/mol. The topological polar surface area (TPSA) is 32.3 Å². The molecule has 0 heterocycles. The molecular weight excluding hydrogens is 224 g/mol. The van der Waals surface area contributed by atoms with Crippen molar-refractivity contribution >= 4 is 6.03 Å². The molecule has 0 aliphatic heterocycles. The van der Waals surface area contributed by atoms with E-state index in [4.69, 9.17) is 0 Å². The van der Waals surface area contributed by atoms with Gasteiger partial charge in [0.2, 0.25) is 0 Å². The van der Waals surface area contributed by atoms with Gasteiger partial charge in [-0.05, 0) is 24.8 Å². The van der Waals surface area contributed by atoms with Crippen molar-refractivity contribution in [2.24, 2.45) is 0 Å². The van der Waals surface area contributed by atoms with E-state index in [0.29, 0.717) is 0 Å². The Balaban J connectivity index is 1.95. The zero-order chi connectivity index (χ0) is 13.0.